The normalized spacial score (nSPS) is 10.6. The van der Waals surface area contributed by atoms with Crippen molar-refractivity contribution >= 4 is 12.0 Å². The highest BCUT2D eigenvalue weighted by molar-refractivity contribution is 5.91. The lowest BCUT2D eigenvalue weighted by Crippen LogP contribution is -2.20. The van der Waals surface area contributed by atoms with Crippen LogP contribution in [0.2, 0.25) is 0 Å². The molecule has 4 heteroatoms. The van der Waals surface area contributed by atoms with Crippen molar-refractivity contribution in [2.24, 2.45) is 0 Å². The molecular formula is C18H20N2O2. The predicted octanol–water partition coefficient (Wildman–Crippen LogP) is 3.12. The van der Waals surface area contributed by atoms with Crippen molar-refractivity contribution in [1.82, 2.24) is 10.3 Å². The van der Waals surface area contributed by atoms with Gasteiger partial charge in [-0.1, -0.05) is 18.2 Å². The molecule has 1 aromatic heterocycles. The fourth-order valence-electron chi connectivity index (χ4n) is 1.95. The van der Waals surface area contributed by atoms with Crippen molar-refractivity contribution in [1.29, 1.82) is 0 Å². The number of hydrogen-bond donors (Lipinski definition) is 1. The molecule has 2 aromatic rings. The van der Waals surface area contributed by atoms with E-state index in [1.165, 1.54) is 6.08 Å². The van der Waals surface area contributed by atoms with Gasteiger partial charge in [-0.25, -0.2) is 0 Å². The minimum absolute atomic E-state index is 0.141. The third-order valence-corrected chi connectivity index (χ3v) is 3.01. The van der Waals surface area contributed by atoms with Crippen LogP contribution in [0.4, 0.5) is 0 Å². The van der Waals surface area contributed by atoms with E-state index in [9.17, 15) is 4.79 Å². The van der Waals surface area contributed by atoms with Crippen LogP contribution in [0.15, 0.2) is 48.5 Å². The van der Waals surface area contributed by atoms with E-state index in [0.717, 1.165) is 22.7 Å². The summed E-state index contributed by atoms with van der Waals surface area (Å²) in [7, 11) is 0. The molecule has 1 N–H and O–H groups in total. The fraction of sp³-hybridized carbons (Fsp3) is 0.222. The fourth-order valence-corrected chi connectivity index (χ4v) is 1.95. The molecule has 0 bridgehead atoms. The molecule has 0 aliphatic heterocycles. The summed E-state index contributed by atoms with van der Waals surface area (Å²) in [5.41, 5.74) is 2.74. The van der Waals surface area contributed by atoms with Crippen LogP contribution < -0.4 is 10.1 Å². The number of nitrogens with zero attached hydrogens (tertiary/aromatic N) is 1. The van der Waals surface area contributed by atoms with Gasteiger partial charge in [-0.3, -0.25) is 9.78 Å². The van der Waals surface area contributed by atoms with Crippen molar-refractivity contribution in [2.75, 3.05) is 6.61 Å². The van der Waals surface area contributed by atoms with Gasteiger partial charge < -0.3 is 10.1 Å². The number of carbonyl (C=O) groups excluding carboxylic acids is 1. The maximum absolute atomic E-state index is 11.8. The number of carbonyl (C=O) groups is 1. The van der Waals surface area contributed by atoms with Crippen LogP contribution in [0.1, 0.15) is 23.9 Å². The molecule has 2 rings (SSSR count). The first-order valence-corrected chi connectivity index (χ1v) is 7.28. The zero-order valence-electron chi connectivity index (χ0n) is 12.9. The smallest absolute Gasteiger partial charge is 0.244 e. The summed E-state index contributed by atoms with van der Waals surface area (Å²) in [5, 5.41) is 2.82. The Bertz CT molecular complexity index is 648. The summed E-state index contributed by atoms with van der Waals surface area (Å²) < 4.78 is 5.37. The van der Waals surface area contributed by atoms with E-state index < -0.39 is 0 Å². The number of benzene rings is 1. The lowest BCUT2D eigenvalue weighted by molar-refractivity contribution is -0.116. The zero-order chi connectivity index (χ0) is 15.8. The highest BCUT2D eigenvalue weighted by Crippen LogP contribution is 2.12. The Morgan fingerprint density at radius 2 is 2.00 bits per heavy atom. The van der Waals surface area contributed by atoms with Crippen LogP contribution in [0, 0.1) is 6.92 Å². The predicted molar refractivity (Wildman–Crippen MR) is 87.5 cm³/mol. The monoisotopic (exact) mass is 296 g/mol. The van der Waals surface area contributed by atoms with Crippen molar-refractivity contribution in [3.8, 4) is 5.75 Å². The molecule has 1 aromatic carbocycles. The van der Waals surface area contributed by atoms with Crippen molar-refractivity contribution < 1.29 is 9.53 Å². The molecule has 1 heterocycles. The molecule has 0 saturated heterocycles. The van der Waals surface area contributed by atoms with E-state index in [1.54, 1.807) is 6.08 Å². The van der Waals surface area contributed by atoms with Gasteiger partial charge in [0.15, 0.2) is 0 Å². The SMILES string of the molecule is CCOc1ccc(/C=C/C(=O)NCc2cccc(C)n2)cc1. The number of ether oxygens (including phenoxy) is 1. The summed E-state index contributed by atoms with van der Waals surface area (Å²) in [6.07, 6.45) is 3.29. The van der Waals surface area contributed by atoms with Crippen LogP contribution in [0.3, 0.4) is 0 Å². The van der Waals surface area contributed by atoms with E-state index in [-0.39, 0.29) is 5.91 Å². The first kappa shape index (κ1) is 15.8. The molecule has 114 valence electrons. The third-order valence-electron chi connectivity index (χ3n) is 3.01. The molecule has 0 spiro atoms. The second kappa shape index (κ2) is 7.98. The lowest BCUT2D eigenvalue weighted by Gasteiger charge is -2.03. The molecule has 22 heavy (non-hydrogen) atoms. The minimum Gasteiger partial charge on any atom is -0.494 e. The molecular weight excluding hydrogens is 276 g/mol. The molecule has 0 atom stereocenters. The highest BCUT2D eigenvalue weighted by Gasteiger charge is 1.98. The molecule has 0 saturated carbocycles. The van der Waals surface area contributed by atoms with Crippen LogP contribution in [-0.2, 0) is 11.3 Å². The first-order valence-electron chi connectivity index (χ1n) is 7.28. The average Bonchev–Trinajstić information content (AvgIpc) is 2.53. The van der Waals surface area contributed by atoms with E-state index in [4.69, 9.17) is 4.74 Å². The Hall–Kier alpha value is -2.62. The van der Waals surface area contributed by atoms with Gasteiger partial charge in [0, 0.05) is 11.8 Å². The molecule has 0 radical (unpaired) electrons. The maximum Gasteiger partial charge on any atom is 0.244 e. The number of rotatable bonds is 6. The Morgan fingerprint density at radius 3 is 2.68 bits per heavy atom. The summed E-state index contributed by atoms with van der Waals surface area (Å²) in [4.78, 5) is 16.1. The summed E-state index contributed by atoms with van der Waals surface area (Å²) in [5.74, 6) is 0.687. The average molecular weight is 296 g/mol. The highest BCUT2D eigenvalue weighted by atomic mass is 16.5. The number of amides is 1. The van der Waals surface area contributed by atoms with Crippen LogP contribution >= 0.6 is 0 Å². The van der Waals surface area contributed by atoms with Gasteiger partial charge in [0.2, 0.25) is 5.91 Å². The zero-order valence-corrected chi connectivity index (χ0v) is 12.9. The molecule has 4 nitrogen and oxygen atoms in total. The molecule has 0 unspecified atom stereocenters. The summed E-state index contributed by atoms with van der Waals surface area (Å²) in [6.45, 7) is 4.94. The van der Waals surface area contributed by atoms with Gasteiger partial charge in [0.05, 0.1) is 18.8 Å². The van der Waals surface area contributed by atoms with Crippen molar-refractivity contribution in [3.05, 3.63) is 65.5 Å². The van der Waals surface area contributed by atoms with Crippen LogP contribution in [0.5, 0.6) is 5.75 Å². The second-order valence-electron chi connectivity index (χ2n) is 4.82. The number of pyridine rings is 1. The van der Waals surface area contributed by atoms with Gasteiger partial charge in [-0.05, 0) is 49.8 Å². The summed E-state index contributed by atoms with van der Waals surface area (Å²) >= 11 is 0. The Labute approximate surface area is 130 Å². The van der Waals surface area contributed by atoms with E-state index in [0.29, 0.717) is 13.2 Å². The van der Waals surface area contributed by atoms with E-state index in [1.807, 2.05) is 56.3 Å². The Balaban J connectivity index is 1.85. The molecule has 0 aliphatic carbocycles. The Kier molecular flexibility index (Phi) is 5.72. The van der Waals surface area contributed by atoms with Gasteiger partial charge in [0.25, 0.3) is 0 Å². The first-order chi connectivity index (χ1) is 10.7. The quantitative estimate of drug-likeness (QED) is 0.833. The van der Waals surface area contributed by atoms with E-state index >= 15 is 0 Å². The standard InChI is InChI=1S/C18H20N2O2/c1-3-22-17-10-7-15(8-11-17)9-12-18(21)19-13-16-6-4-5-14(2)20-16/h4-12H,3,13H2,1-2H3,(H,19,21)/b12-9+. The number of aryl methyl sites for hydroxylation is 1. The maximum atomic E-state index is 11.8. The largest absolute Gasteiger partial charge is 0.494 e. The van der Waals surface area contributed by atoms with Crippen molar-refractivity contribution in [2.45, 2.75) is 20.4 Å². The molecule has 1 amide bonds. The van der Waals surface area contributed by atoms with Gasteiger partial charge in [-0.2, -0.15) is 0 Å². The van der Waals surface area contributed by atoms with E-state index in [2.05, 4.69) is 10.3 Å². The number of nitrogens with one attached hydrogen (secondary N) is 1. The van der Waals surface area contributed by atoms with Gasteiger partial charge in [0.1, 0.15) is 5.75 Å². The molecule has 0 fully saturated rings. The minimum atomic E-state index is -0.141. The van der Waals surface area contributed by atoms with Gasteiger partial charge >= 0.3 is 0 Å². The number of hydrogen-bond acceptors (Lipinski definition) is 3. The topological polar surface area (TPSA) is 51.2 Å². The molecule has 0 aliphatic rings. The summed E-state index contributed by atoms with van der Waals surface area (Å²) in [6, 6.07) is 13.4. The second-order valence-corrected chi connectivity index (χ2v) is 4.82. The Morgan fingerprint density at radius 1 is 1.23 bits per heavy atom. The third kappa shape index (κ3) is 5.05. The lowest BCUT2D eigenvalue weighted by atomic mass is 10.2. The number of aromatic nitrogens is 1. The van der Waals surface area contributed by atoms with Crippen LogP contribution in [-0.4, -0.2) is 17.5 Å². The van der Waals surface area contributed by atoms with Crippen molar-refractivity contribution in [3.63, 3.8) is 0 Å². The van der Waals surface area contributed by atoms with Gasteiger partial charge in [-0.15, -0.1) is 0 Å². The van der Waals surface area contributed by atoms with Crippen LogP contribution in [0.25, 0.3) is 6.08 Å².